The van der Waals surface area contributed by atoms with Crippen molar-refractivity contribution in [2.75, 3.05) is 0 Å². The molecule has 1 aromatic carbocycles. The third kappa shape index (κ3) is 1.89. The fourth-order valence-electron chi connectivity index (χ4n) is 1.63. The molecule has 1 aliphatic carbocycles. The van der Waals surface area contributed by atoms with E-state index in [-0.39, 0.29) is 5.92 Å². The van der Waals surface area contributed by atoms with Crippen molar-refractivity contribution in [3.8, 4) is 0 Å². The molecule has 0 aliphatic heterocycles. The zero-order valence-electron chi connectivity index (χ0n) is 8.47. The zero-order valence-corrected chi connectivity index (χ0v) is 8.47. The molecule has 1 aromatic rings. The highest BCUT2D eigenvalue weighted by molar-refractivity contribution is 5.84. The molecule has 2 unspecified atom stereocenters. The number of rotatable bonds is 4. The third-order valence-corrected chi connectivity index (χ3v) is 2.77. The Morgan fingerprint density at radius 3 is 2.67 bits per heavy atom. The van der Waals surface area contributed by atoms with Crippen LogP contribution in [0.1, 0.15) is 12.0 Å². The molecule has 0 N–H and O–H groups in total. The standard InChI is InChI=1S/C13H13NO/c1-2-12-8-13(12,10-15)14-9-11-6-4-3-5-7-11/h2-7,9-10,12H,1,8H2. The average molecular weight is 199 g/mol. The van der Waals surface area contributed by atoms with Gasteiger partial charge in [0.25, 0.3) is 0 Å². The number of hydrogen-bond donors (Lipinski definition) is 0. The van der Waals surface area contributed by atoms with E-state index in [0.29, 0.717) is 0 Å². The van der Waals surface area contributed by atoms with Gasteiger partial charge in [-0.25, -0.2) is 0 Å². The molecule has 76 valence electrons. The lowest BCUT2D eigenvalue weighted by Gasteiger charge is -2.00. The minimum atomic E-state index is -0.516. The van der Waals surface area contributed by atoms with Crippen LogP contribution in [0.5, 0.6) is 0 Å². The lowest BCUT2D eigenvalue weighted by atomic mass is 10.2. The van der Waals surface area contributed by atoms with Crippen LogP contribution in [0.3, 0.4) is 0 Å². The summed E-state index contributed by atoms with van der Waals surface area (Å²) in [7, 11) is 0. The Morgan fingerprint density at radius 2 is 2.13 bits per heavy atom. The third-order valence-electron chi connectivity index (χ3n) is 2.77. The van der Waals surface area contributed by atoms with Gasteiger partial charge in [-0.2, -0.15) is 0 Å². The van der Waals surface area contributed by atoms with Crippen LogP contribution in [0.15, 0.2) is 48.0 Å². The van der Waals surface area contributed by atoms with E-state index in [0.717, 1.165) is 18.3 Å². The van der Waals surface area contributed by atoms with Crippen molar-refractivity contribution in [1.29, 1.82) is 0 Å². The molecule has 0 heterocycles. The molecule has 0 amide bonds. The number of hydrogen-bond acceptors (Lipinski definition) is 2. The Kier molecular flexibility index (Phi) is 2.50. The zero-order chi connectivity index (χ0) is 10.7. The van der Waals surface area contributed by atoms with Crippen molar-refractivity contribution < 1.29 is 4.79 Å². The number of carbonyl (C=O) groups excluding carboxylic acids is 1. The van der Waals surface area contributed by atoms with Crippen molar-refractivity contribution in [1.82, 2.24) is 0 Å². The molecule has 0 saturated heterocycles. The van der Waals surface area contributed by atoms with Crippen LogP contribution in [0.25, 0.3) is 0 Å². The monoisotopic (exact) mass is 199 g/mol. The average Bonchev–Trinajstić information content (AvgIpc) is 3.02. The number of benzene rings is 1. The smallest absolute Gasteiger partial charge is 0.148 e. The first-order valence-electron chi connectivity index (χ1n) is 5.00. The Bertz CT molecular complexity index is 396. The maximum atomic E-state index is 10.9. The Hall–Kier alpha value is -1.70. The van der Waals surface area contributed by atoms with Crippen LogP contribution in [0, 0.1) is 5.92 Å². The van der Waals surface area contributed by atoms with Crippen LogP contribution >= 0.6 is 0 Å². The van der Waals surface area contributed by atoms with Crippen LogP contribution < -0.4 is 0 Å². The van der Waals surface area contributed by atoms with E-state index in [4.69, 9.17) is 0 Å². The predicted molar refractivity (Wildman–Crippen MR) is 61.1 cm³/mol. The Labute approximate surface area is 89.3 Å². The molecule has 0 aromatic heterocycles. The predicted octanol–water partition coefficient (Wildman–Crippen LogP) is 2.25. The SMILES string of the molecule is C=CC1CC1(C=O)N=Cc1ccccc1. The summed E-state index contributed by atoms with van der Waals surface area (Å²) >= 11 is 0. The molecule has 0 bridgehead atoms. The van der Waals surface area contributed by atoms with Gasteiger partial charge < -0.3 is 4.79 Å². The highest BCUT2D eigenvalue weighted by Gasteiger charge is 2.52. The largest absolute Gasteiger partial charge is 0.301 e. The number of aliphatic imine (C=N–C) groups is 1. The van der Waals surface area contributed by atoms with E-state index >= 15 is 0 Å². The van der Waals surface area contributed by atoms with Gasteiger partial charge in [-0.3, -0.25) is 4.99 Å². The van der Waals surface area contributed by atoms with E-state index in [1.807, 2.05) is 30.3 Å². The molecule has 1 saturated carbocycles. The molecule has 0 spiro atoms. The van der Waals surface area contributed by atoms with Gasteiger partial charge in [0.05, 0.1) is 0 Å². The highest BCUT2D eigenvalue weighted by Crippen LogP contribution is 2.46. The van der Waals surface area contributed by atoms with Crippen molar-refractivity contribution in [2.45, 2.75) is 12.0 Å². The van der Waals surface area contributed by atoms with Crippen molar-refractivity contribution in [2.24, 2.45) is 10.9 Å². The second-order valence-electron chi connectivity index (χ2n) is 3.82. The highest BCUT2D eigenvalue weighted by atomic mass is 16.1. The summed E-state index contributed by atoms with van der Waals surface area (Å²) in [6, 6.07) is 9.79. The quantitative estimate of drug-likeness (QED) is 0.415. The van der Waals surface area contributed by atoms with Gasteiger partial charge in [-0.05, 0) is 12.0 Å². The second-order valence-corrected chi connectivity index (χ2v) is 3.82. The van der Waals surface area contributed by atoms with Gasteiger partial charge in [-0.15, -0.1) is 6.58 Å². The fraction of sp³-hybridized carbons (Fsp3) is 0.231. The van der Waals surface area contributed by atoms with Gasteiger partial charge in [0, 0.05) is 12.1 Å². The molecule has 2 nitrogen and oxygen atoms in total. The number of nitrogens with zero attached hydrogens (tertiary/aromatic N) is 1. The van der Waals surface area contributed by atoms with Gasteiger partial charge >= 0.3 is 0 Å². The van der Waals surface area contributed by atoms with E-state index in [1.165, 1.54) is 0 Å². The van der Waals surface area contributed by atoms with Gasteiger partial charge in [-0.1, -0.05) is 36.4 Å². The van der Waals surface area contributed by atoms with E-state index in [2.05, 4.69) is 11.6 Å². The second kappa shape index (κ2) is 3.81. The first-order chi connectivity index (χ1) is 7.30. The minimum Gasteiger partial charge on any atom is -0.301 e. The van der Waals surface area contributed by atoms with Crippen molar-refractivity contribution >= 4 is 12.5 Å². The molecule has 1 aliphatic rings. The van der Waals surface area contributed by atoms with Gasteiger partial charge in [0.1, 0.15) is 11.8 Å². The summed E-state index contributed by atoms with van der Waals surface area (Å²) in [5, 5.41) is 0. The molecule has 15 heavy (non-hydrogen) atoms. The Morgan fingerprint density at radius 1 is 1.40 bits per heavy atom. The lowest BCUT2D eigenvalue weighted by molar-refractivity contribution is -0.109. The van der Waals surface area contributed by atoms with Crippen LogP contribution in [0.2, 0.25) is 0 Å². The topological polar surface area (TPSA) is 29.4 Å². The molecule has 2 rings (SSSR count). The Balaban J connectivity index is 2.12. The van der Waals surface area contributed by atoms with Crippen LogP contribution in [-0.2, 0) is 4.79 Å². The maximum absolute atomic E-state index is 10.9. The lowest BCUT2D eigenvalue weighted by Crippen LogP contribution is -2.10. The van der Waals surface area contributed by atoms with Gasteiger partial charge in [0.2, 0.25) is 0 Å². The van der Waals surface area contributed by atoms with Crippen molar-refractivity contribution in [3.63, 3.8) is 0 Å². The first kappa shape index (κ1) is 9.84. The molecule has 1 fully saturated rings. The summed E-state index contributed by atoms with van der Waals surface area (Å²) < 4.78 is 0. The van der Waals surface area contributed by atoms with Crippen LogP contribution in [-0.4, -0.2) is 18.0 Å². The normalized spacial score (nSPS) is 28.9. The summed E-state index contributed by atoms with van der Waals surface area (Å²) in [5.74, 6) is 0.218. The summed E-state index contributed by atoms with van der Waals surface area (Å²) in [5.41, 5.74) is 0.505. The number of carbonyl (C=O) groups is 1. The van der Waals surface area contributed by atoms with E-state index in [9.17, 15) is 4.79 Å². The van der Waals surface area contributed by atoms with E-state index in [1.54, 1.807) is 12.3 Å². The van der Waals surface area contributed by atoms with Gasteiger partial charge in [0.15, 0.2) is 0 Å². The molecular formula is C13H13NO. The summed E-state index contributed by atoms with van der Waals surface area (Å²) in [6.45, 7) is 3.69. The minimum absolute atomic E-state index is 0.218. The molecule has 0 radical (unpaired) electrons. The molecule has 2 atom stereocenters. The summed E-state index contributed by atoms with van der Waals surface area (Å²) in [4.78, 5) is 15.3. The molecular weight excluding hydrogens is 186 g/mol. The van der Waals surface area contributed by atoms with Crippen LogP contribution in [0.4, 0.5) is 0 Å². The number of aldehydes is 1. The first-order valence-corrected chi connectivity index (χ1v) is 5.00. The van der Waals surface area contributed by atoms with Crippen molar-refractivity contribution in [3.05, 3.63) is 48.6 Å². The molecule has 2 heteroatoms. The van der Waals surface area contributed by atoms with E-state index < -0.39 is 5.54 Å². The maximum Gasteiger partial charge on any atom is 0.148 e. The summed E-state index contributed by atoms with van der Waals surface area (Å²) in [6.07, 6.45) is 5.29. The fourth-order valence-corrected chi connectivity index (χ4v) is 1.63.